The van der Waals surface area contributed by atoms with Crippen LogP contribution in [0.3, 0.4) is 0 Å². The average Bonchev–Trinajstić information content (AvgIpc) is 2.65. The number of hydrogen-bond donors (Lipinski definition) is 1. The Bertz CT molecular complexity index is 1050. The van der Waals surface area contributed by atoms with Crippen molar-refractivity contribution in [3.63, 3.8) is 0 Å². The predicted octanol–water partition coefficient (Wildman–Crippen LogP) is 4.49. The number of rotatable bonds is 5. The number of nitrogens with zero attached hydrogens (tertiary/aromatic N) is 3. The third-order valence-corrected chi connectivity index (χ3v) is 3.90. The van der Waals surface area contributed by atoms with Crippen LogP contribution in [0.5, 0.6) is 0 Å². The van der Waals surface area contributed by atoms with Gasteiger partial charge in [-0.1, -0.05) is 36.4 Å². The molecule has 130 valence electrons. The van der Waals surface area contributed by atoms with Gasteiger partial charge in [-0.15, -0.1) is 0 Å². The van der Waals surface area contributed by atoms with E-state index < -0.39 is 15.5 Å². The molecular formula is C18H14N4O4. The van der Waals surface area contributed by atoms with Gasteiger partial charge in [0.15, 0.2) is 0 Å². The molecule has 8 heteroatoms. The number of fused-ring (bicyclic) bond motifs is 1. The van der Waals surface area contributed by atoms with Crippen LogP contribution in [0.15, 0.2) is 65.8 Å². The maximum atomic E-state index is 11.2. The van der Waals surface area contributed by atoms with E-state index in [-0.39, 0.29) is 11.4 Å². The van der Waals surface area contributed by atoms with E-state index in [9.17, 15) is 20.2 Å². The minimum absolute atomic E-state index is 0.0840. The molecule has 0 unspecified atom stereocenters. The molecule has 0 spiro atoms. The quantitative estimate of drug-likeness (QED) is 0.414. The molecule has 0 fully saturated rings. The van der Waals surface area contributed by atoms with Crippen molar-refractivity contribution in [3.8, 4) is 0 Å². The molecule has 0 radical (unpaired) electrons. The van der Waals surface area contributed by atoms with Crippen LogP contribution in [0.4, 0.5) is 17.1 Å². The standard InChI is InChI=1S/C18H14N4O4/c1-12(14-7-6-13-4-2-3-5-15(13)10-14)19-20-17-9-8-16(21(23)24)11-18(17)22(25)26/h2-11,20H,1H3/b19-12-. The summed E-state index contributed by atoms with van der Waals surface area (Å²) in [6.07, 6.45) is 0. The lowest BCUT2D eigenvalue weighted by molar-refractivity contribution is -0.393. The number of nitro benzene ring substituents is 2. The van der Waals surface area contributed by atoms with Crippen LogP contribution in [0, 0.1) is 20.2 Å². The van der Waals surface area contributed by atoms with E-state index in [1.54, 1.807) is 6.92 Å². The van der Waals surface area contributed by atoms with E-state index in [0.717, 1.165) is 22.4 Å². The van der Waals surface area contributed by atoms with Crippen LogP contribution in [-0.4, -0.2) is 15.6 Å². The van der Waals surface area contributed by atoms with Crippen LogP contribution in [-0.2, 0) is 0 Å². The monoisotopic (exact) mass is 350 g/mol. The van der Waals surface area contributed by atoms with Crippen molar-refractivity contribution < 1.29 is 9.85 Å². The second kappa shape index (κ2) is 6.98. The highest BCUT2D eigenvalue weighted by Crippen LogP contribution is 2.29. The van der Waals surface area contributed by atoms with Crippen LogP contribution in [0.1, 0.15) is 12.5 Å². The fraction of sp³-hybridized carbons (Fsp3) is 0.0556. The number of anilines is 1. The fourth-order valence-electron chi connectivity index (χ4n) is 2.50. The Morgan fingerprint density at radius 1 is 0.923 bits per heavy atom. The number of benzene rings is 3. The van der Waals surface area contributed by atoms with Gasteiger partial charge in [0.25, 0.3) is 5.69 Å². The second-order valence-corrected chi connectivity index (χ2v) is 5.59. The summed E-state index contributed by atoms with van der Waals surface area (Å²) < 4.78 is 0. The molecule has 26 heavy (non-hydrogen) atoms. The first-order chi connectivity index (χ1) is 12.5. The van der Waals surface area contributed by atoms with Crippen molar-refractivity contribution in [3.05, 3.63) is 86.5 Å². The summed E-state index contributed by atoms with van der Waals surface area (Å²) in [5, 5.41) is 28.3. The summed E-state index contributed by atoms with van der Waals surface area (Å²) in [5.74, 6) is 0. The van der Waals surface area contributed by atoms with Gasteiger partial charge in [0.2, 0.25) is 0 Å². The van der Waals surface area contributed by atoms with Crippen LogP contribution < -0.4 is 5.43 Å². The van der Waals surface area contributed by atoms with E-state index in [1.165, 1.54) is 12.1 Å². The predicted molar refractivity (Wildman–Crippen MR) is 99.5 cm³/mol. The molecule has 1 N–H and O–H groups in total. The Kier molecular flexibility index (Phi) is 4.57. The van der Waals surface area contributed by atoms with E-state index in [4.69, 9.17) is 0 Å². The Labute approximate surface area is 148 Å². The number of nitrogens with one attached hydrogen (secondary N) is 1. The Morgan fingerprint density at radius 3 is 2.35 bits per heavy atom. The van der Waals surface area contributed by atoms with E-state index >= 15 is 0 Å². The summed E-state index contributed by atoms with van der Waals surface area (Å²) in [7, 11) is 0. The molecule has 0 bridgehead atoms. The SMILES string of the molecule is C/C(=N/Nc1ccc([N+](=O)[O-])cc1[N+](=O)[O-])c1ccc2ccccc2c1. The molecule has 3 aromatic carbocycles. The lowest BCUT2D eigenvalue weighted by atomic mass is 10.0. The normalized spacial score (nSPS) is 11.3. The van der Waals surface area contributed by atoms with Gasteiger partial charge in [0.05, 0.1) is 21.6 Å². The zero-order valence-electron chi connectivity index (χ0n) is 13.7. The molecule has 3 rings (SSSR count). The fourth-order valence-corrected chi connectivity index (χ4v) is 2.50. The highest BCUT2D eigenvalue weighted by atomic mass is 16.6. The highest BCUT2D eigenvalue weighted by molar-refractivity contribution is 6.02. The van der Waals surface area contributed by atoms with Crippen LogP contribution in [0.25, 0.3) is 10.8 Å². The Morgan fingerprint density at radius 2 is 1.65 bits per heavy atom. The summed E-state index contributed by atoms with van der Waals surface area (Å²) in [5.41, 5.74) is 3.45. The van der Waals surface area contributed by atoms with E-state index in [0.29, 0.717) is 5.71 Å². The maximum absolute atomic E-state index is 11.2. The summed E-state index contributed by atoms with van der Waals surface area (Å²) in [6, 6.07) is 17.1. The van der Waals surface area contributed by atoms with Crippen LogP contribution in [0.2, 0.25) is 0 Å². The van der Waals surface area contributed by atoms with Crippen molar-refractivity contribution >= 4 is 33.5 Å². The number of hydrazone groups is 1. The smallest absolute Gasteiger partial charge is 0.271 e. The zero-order valence-corrected chi connectivity index (χ0v) is 13.7. The lowest BCUT2D eigenvalue weighted by Gasteiger charge is -2.06. The molecule has 0 aliphatic rings. The molecule has 3 aromatic rings. The maximum Gasteiger partial charge on any atom is 0.301 e. The third kappa shape index (κ3) is 3.48. The minimum Gasteiger partial charge on any atom is -0.271 e. The van der Waals surface area contributed by atoms with Crippen LogP contribution >= 0.6 is 0 Å². The van der Waals surface area contributed by atoms with E-state index in [2.05, 4.69) is 10.5 Å². The van der Waals surface area contributed by atoms with Crippen molar-refractivity contribution in [2.24, 2.45) is 5.10 Å². The van der Waals surface area contributed by atoms with Gasteiger partial charge in [-0.05, 0) is 35.4 Å². The number of hydrogen-bond acceptors (Lipinski definition) is 6. The zero-order chi connectivity index (χ0) is 18.7. The molecular weight excluding hydrogens is 336 g/mol. The number of nitro groups is 2. The first-order valence-corrected chi connectivity index (χ1v) is 7.68. The van der Waals surface area contributed by atoms with Crippen molar-refractivity contribution in [1.29, 1.82) is 0 Å². The Balaban J connectivity index is 1.90. The van der Waals surface area contributed by atoms with Gasteiger partial charge in [-0.25, -0.2) is 0 Å². The highest BCUT2D eigenvalue weighted by Gasteiger charge is 2.19. The molecule has 0 aliphatic carbocycles. The molecule has 0 aromatic heterocycles. The van der Waals surface area contributed by atoms with Crippen molar-refractivity contribution in [2.45, 2.75) is 6.92 Å². The van der Waals surface area contributed by atoms with Gasteiger partial charge >= 0.3 is 5.69 Å². The molecule has 0 amide bonds. The van der Waals surface area contributed by atoms with Crippen molar-refractivity contribution in [1.82, 2.24) is 0 Å². The first-order valence-electron chi connectivity index (χ1n) is 7.68. The molecule has 0 saturated heterocycles. The van der Waals surface area contributed by atoms with Gasteiger partial charge in [0.1, 0.15) is 5.69 Å². The van der Waals surface area contributed by atoms with Gasteiger partial charge in [-0.3, -0.25) is 25.7 Å². The minimum atomic E-state index is -0.684. The second-order valence-electron chi connectivity index (χ2n) is 5.59. The van der Waals surface area contributed by atoms with Gasteiger partial charge in [-0.2, -0.15) is 5.10 Å². The average molecular weight is 350 g/mol. The number of non-ortho nitro benzene ring substituents is 1. The van der Waals surface area contributed by atoms with Gasteiger partial charge in [0, 0.05) is 6.07 Å². The Hall–Kier alpha value is -3.81. The molecule has 0 saturated carbocycles. The van der Waals surface area contributed by atoms with Crippen molar-refractivity contribution in [2.75, 3.05) is 5.43 Å². The largest absolute Gasteiger partial charge is 0.301 e. The molecule has 0 atom stereocenters. The first kappa shape index (κ1) is 17.0. The molecule has 8 nitrogen and oxygen atoms in total. The third-order valence-electron chi connectivity index (χ3n) is 3.90. The molecule has 0 aliphatic heterocycles. The van der Waals surface area contributed by atoms with Gasteiger partial charge < -0.3 is 0 Å². The lowest BCUT2D eigenvalue weighted by Crippen LogP contribution is -2.02. The van der Waals surface area contributed by atoms with E-state index in [1.807, 2.05) is 42.5 Å². The summed E-state index contributed by atoms with van der Waals surface area (Å²) >= 11 is 0. The summed E-state index contributed by atoms with van der Waals surface area (Å²) in [4.78, 5) is 20.6. The topological polar surface area (TPSA) is 111 Å². The summed E-state index contributed by atoms with van der Waals surface area (Å²) in [6.45, 7) is 1.77. The molecule has 0 heterocycles.